The molecule has 0 spiro atoms. The van der Waals surface area contributed by atoms with E-state index in [0.717, 1.165) is 14.7 Å². The molecule has 2 aromatic heterocycles. The predicted octanol–water partition coefficient (Wildman–Crippen LogP) is 2.23. The smallest absolute Gasteiger partial charge is 0.246 e. The maximum Gasteiger partial charge on any atom is 0.246 e. The molecule has 0 fully saturated rings. The third kappa shape index (κ3) is 3.78. The van der Waals surface area contributed by atoms with Crippen LogP contribution >= 0.6 is 22.6 Å². The van der Waals surface area contributed by atoms with E-state index in [1.807, 2.05) is 30.3 Å². The Kier molecular flexibility index (Phi) is 5.27. The van der Waals surface area contributed by atoms with Crippen molar-refractivity contribution in [2.75, 3.05) is 12.3 Å². The molecule has 0 bridgehead atoms. The molecule has 0 saturated carbocycles. The Morgan fingerprint density at radius 2 is 2.08 bits per heavy atom. The molecule has 128 valence electrons. The normalized spacial score (nSPS) is 10.8. The number of anilines is 1. The van der Waals surface area contributed by atoms with Crippen LogP contribution in [-0.4, -0.2) is 37.1 Å². The molecule has 3 rings (SSSR count). The number of benzene rings is 1. The van der Waals surface area contributed by atoms with Crippen molar-refractivity contribution in [3.8, 4) is 0 Å². The summed E-state index contributed by atoms with van der Waals surface area (Å²) in [6.07, 6.45) is 2.75. The summed E-state index contributed by atoms with van der Waals surface area (Å²) in [7, 11) is 0. The molecular weight excluding hydrogens is 431 g/mol. The van der Waals surface area contributed by atoms with Crippen LogP contribution in [0.15, 0.2) is 49.3 Å². The Labute approximate surface area is 158 Å². The minimum atomic E-state index is -0.121. The van der Waals surface area contributed by atoms with Crippen LogP contribution in [0.3, 0.4) is 0 Å². The van der Waals surface area contributed by atoms with Gasteiger partial charge in [0.25, 0.3) is 0 Å². The van der Waals surface area contributed by atoms with Gasteiger partial charge in [0.05, 0.1) is 11.9 Å². The van der Waals surface area contributed by atoms with E-state index >= 15 is 0 Å². The summed E-state index contributed by atoms with van der Waals surface area (Å²) in [5.74, 6) is 0.285. The van der Waals surface area contributed by atoms with E-state index in [1.165, 1.54) is 12.4 Å². The number of hydrogen-bond donors (Lipinski definition) is 1. The van der Waals surface area contributed by atoms with Crippen molar-refractivity contribution in [1.82, 2.24) is 24.6 Å². The summed E-state index contributed by atoms with van der Waals surface area (Å²) < 4.78 is 2.50. The molecule has 0 radical (unpaired) electrons. The van der Waals surface area contributed by atoms with Gasteiger partial charge in [-0.3, -0.25) is 4.79 Å². The van der Waals surface area contributed by atoms with Crippen molar-refractivity contribution in [3.05, 3.63) is 58.6 Å². The largest absolute Gasteiger partial charge is 0.383 e. The van der Waals surface area contributed by atoms with Gasteiger partial charge in [-0.25, -0.2) is 14.6 Å². The van der Waals surface area contributed by atoms with E-state index in [0.29, 0.717) is 31.1 Å². The standard InChI is InChI=1S/C17H17IN6O/c1-2-13(25)23(10-12-6-4-3-5-7-12)8-9-24-17-14(15(18)22-24)16(19)20-11-21-17/h2-7,11H,1,8-10H2,(H2,19,20,21). The lowest BCUT2D eigenvalue weighted by Crippen LogP contribution is -2.32. The molecule has 3 aromatic rings. The fourth-order valence-corrected chi connectivity index (χ4v) is 3.34. The first-order chi connectivity index (χ1) is 12.1. The predicted molar refractivity (Wildman–Crippen MR) is 105 cm³/mol. The third-order valence-electron chi connectivity index (χ3n) is 3.80. The topological polar surface area (TPSA) is 89.9 Å². The second-order valence-corrected chi connectivity index (χ2v) is 6.44. The number of halogens is 1. The number of carbonyl (C=O) groups is 1. The Morgan fingerprint density at radius 3 is 2.80 bits per heavy atom. The highest BCUT2D eigenvalue weighted by atomic mass is 127. The lowest BCUT2D eigenvalue weighted by molar-refractivity contribution is -0.126. The SMILES string of the molecule is C=CC(=O)N(CCn1nc(I)c2c(N)ncnc21)Cc1ccccc1. The number of carbonyl (C=O) groups excluding carboxylic acids is 1. The average molecular weight is 448 g/mol. The van der Waals surface area contributed by atoms with Gasteiger partial charge >= 0.3 is 0 Å². The van der Waals surface area contributed by atoms with E-state index in [9.17, 15) is 4.79 Å². The van der Waals surface area contributed by atoms with Crippen LogP contribution in [0.25, 0.3) is 11.0 Å². The minimum absolute atomic E-state index is 0.121. The molecule has 0 aliphatic carbocycles. The van der Waals surface area contributed by atoms with Crippen molar-refractivity contribution in [1.29, 1.82) is 0 Å². The molecule has 0 aliphatic heterocycles. The molecule has 0 atom stereocenters. The zero-order chi connectivity index (χ0) is 17.8. The summed E-state index contributed by atoms with van der Waals surface area (Å²) in [4.78, 5) is 22.2. The monoisotopic (exact) mass is 448 g/mol. The summed E-state index contributed by atoms with van der Waals surface area (Å²) in [6.45, 7) is 5.09. The number of hydrogen-bond acceptors (Lipinski definition) is 5. The minimum Gasteiger partial charge on any atom is -0.383 e. The Morgan fingerprint density at radius 1 is 1.32 bits per heavy atom. The molecule has 25 heavy (non-hydrogen) atoms. The van der Waals surface area contributed by atoms with Gasteiger partial charge in [0.2, 0.25) is 5.91 Å². The number of nitrogens with zero attached hydrogens (tertiary/aromatic N) is 5. The first-order valence-corrected chi connectivity index (χ1v) is 8.75. The molecule has 0 saturated heterocycles. The van der Waals surface area contributed by atoms with Crippen molar-refractivity contribution < 1.29 is 4.79 Å². The molecular formula is C17H17IN6O. The average Bonchev–Trinajstić information content (AvgIpc) is 2.96. The highest BCUT2D eigenvalue weighted by Crippen LogP contribution is 2.22. The first-order valence-electron chi connectivity index (χ1n) is 7.68. The van der Waals surface area contributed by atoms with Crippen LogP contribution in [0, 0.1) is 3.70 Å². The van der Waals surface area contributed by atoms with Gasteiger partial charge in [0, 0.05) is 13.1 Å². The van der Waals surface area contributed by atoms with Crippen LogP contribution in [0.5, 0.6) is 0 Å². The lowest BCUT2D eigenvalue weighted by atomic mass is 10.2. The Bertz CT molecular complexity index is 908. The maximum atomic E-state index is 12.2. The lowest BCUT2D eigenvalue weighted by Gasteiger charge is -2.21. The summed E-state index contributed by atoms with van der Waals surface area (Å²) >= 11 is 2.11. The molecule has 1 amide bonds. The van der Waals surface area contributed by atoms with Crippen LogP contribution in [0.1, 0.15) is 5.56 Å². The van der Waals surface area contributed by atoms with Gasteiger partial charge in [0.15, 0.2) is 5.65 Å². The molecule has 0 aliphatic rings. The number of amides is 1. The van der Waals surface area contributed by atoms with Gasteiger partial charge in [-0.05, 0) is 34.2 Å². The van der Waals surface area contributed by atoms with Crippen LogP contribution in [-0.2, 0) is 17.9 Å². The Hall–Kier alpha value is -2.49. The number of fused-ring (bicyclic) bond motifs is 1. The molecule has 1 aromatic carbocycles. The molecule has 8 heteroatoms. The Balaban J connectivity index is 1.81. The van der Waals surface area contributed by atoms with E-state index in [1.54, 1.807) is 9.58 Å². The first kappa shape index (κ1) is 17.3. The molecule has 2 N–H and O–H groups in total. The van der Waals surface area contributed by atoms with E-state index in [-0.39, 0.29) is 5.91 Å². The summed E-state index contributed by atoms with van der Waals surface area (Å²) in [5, 5.41) is 5.22. The second-order valence-electron chi connectivity index (χ2n) is 5.42. The molecule has 0 unspecified atom stereocenters. The van der Waals surface area contributed by atoms with Crippen molar-refractivity contribution in [3.63, 3.8) is 0 Å². The number of nitrogens with two attached hydrogens (primary N) is 1. The van der Waals surface area contributed by atoms with E-state index < -0.39 is 0 Å². The fraction of sp³-hybridized carbons (Fsp3) is 0.176. The van der Waals surface area contributed by atoms with Crippen molar-refractivity contribution >= 4 is 45.3 Å². The van der Waals surface area contributed by atoms with Gasteiger partial charge < -0.3 is 10.6 Å². The quantitative estimate of drug-likeness (QED) is 0.462. The number of rotatable bonds is 6. The van der Waals surface area contributed by atoms with Crippen molar-refractivity contribution in [2.24, 2.45) is 0 Å². The van der Waals surface area contributed by atoms with Gasteiger partial charge in [-0.1, -0.05) is 36.9 Å². The highest BCUT2D eigenvalue weighted by Gasteiger charge is 2.16. The fourth-order valence-electron chi connectivity index (χ4n) is 2.56. The summed E-state index contributed by atoms with van der Waals surface area (Å²) in [5.41, 5.74) is 7.64. The van der Waals surface area contributed by atoms with Crippen LogP contribution < -0.4 is 5.73 Å². The highest BCUT2D eigenvalue weighted by molar-refractivity contribution is 14.1. The van der Waals surface area contributed by atoms with Gasteiger partial charge in [-0.2, -0.15) is 5.10 Å². The zero-order valence-electron chi connectivity index (χ0n) is 13.5. The molecule has 2 heterocycles. The maximum absolute atomic E-state index is 12.2. The number of aromatic nitrogens is 4. The van der Waals surface area contributed by atoms with Gasteiger partial charge in [-0.15, -0.1) is 0 Å². The zero-order valence-corrected chi connectivity index (χ0v) is 15.6. The molecule has 7 nitrogen and oxygen atoms in total. The second kappa shape index (κ2) is 7.60. The van der Waals surface area contributed by atoms with Gasteiger partial charge in [0.1, 0.15) is 15.8 Å². The van der Waals surface area contributed by atoms with Crippen LogP contribution in [0.2, 0.25) is 0 Å². The van der Waals surface area contributed by atoms with Crippen molar-refractivity contribution in [2.45, 2.75) is 13.1 Å². The number of nitrogen functional groups attached to an aromatic ring is 1. The van der Waals surface area contributed by atoms with Crippen LogP contribution in [0.4, 0.5) is 5.82 Å². The van der Waals surface area contributed by atoms with E-state index in [4.69, 9.17) is 5.73 Å². The third-order valence-corrected chi connectivity index (χ3v) is 4.56. The van der Waals surface area contributed by atoms with E-state index in [2.05, 4.69) is 44.2 Å². The summed E-state index contributed by atoms with van der Waals surface area (Å²) in [6, 6.07) is 9.84.